The lowest BCUT2D eigenvalue weighted by Gasteiger charge is -2.27. The van der Waals surface area contributed by atoms with Crippen LogP contribution < -0.4 is 5.32 Å². The van der Waals surface area contributed by atoms with E-state index >= 15 is 0 Å². The van der Waals surface area contributed by atoms with Gasteiger partial charge in [-0.05, 0) is 48.5 Å². The van der Waals surface area contributed by atoms with Crippen LogP contribution in [0.25, 0.3) is 0 Å². The molecule has 1 N–H and O–H groups in total. The van der Waals surface area contributed by atoms with E-state index in [1.807, 2.05) is 13.8 Å². The molecule has 124 valence electrons. The second-order valence-electron chi connectivity index (χ2n) is 6.78. The van der Waals surface area contributed by atoms with E-state index < -0.39 is 23.7 Å². The summed E-state index contributed by atoms with van der Waals surface area (Å²) < 4.78 is 15.7. The molecule has 0 spiro atoms. The van der Waals surface area contributed by atoms with Gasteiger partial charge in [0.15, 0.2) is 0 Å². The molecule has 0 aliphatic heterocycles. The Bertz CT molecular complexity index is 360. The van der Waals surface area contributed by atoms with Crippen LogP contribution in [0.1, 0.15) is 54.9 Å². The number of amides is 1. The molecule has 21 heavy (non-hydrogen) atoms. The third kappa shape index (κ3) is 9.28. The molecule has 0 aliphatic rings. The zero-order valence-corrected chi connectivity index (χ0v) is 14.4. The Morgan fingerprint density at radius 3 is 2.05 bits per heavy atom. The Labute approximate surface area is 127 Å². The van der Waals surface area contributed by atoms with Crippen LogP contribution in [-0.4, -0.2) is 42.5 Å². The van der Waals surface area contributed by atoms with E-state index in [9.17, 15) is 9.59 Å². The van der Waals surface area contributed by atoms with Crippen LogP contribution in [-0.2, 0) is 19.0 Å². The summed E-state index contributed by atoms with van der Waals surface area (Å²) in [6.45, 7) is 12.4. The van der Waals surface area contributed by atoms with Gasteiger partial charge in [-0.25, -0.2) is 9.59 Å². The predicted octanol–water partition coefficient (Wildman–Crippen LogP) is 2.65. The van der Waals surface area contributed by atoms with Crippen LogP contribution in [0.15, 0.2) is 0 Å². The summed E-state index contributed by atoms with van der Waals surface area (Å²) >= 11 is 0. The number of carbonyl (C=O) groups excluding carboxylic acids is 2. The summed E-state index contributed by atoms with van der Waals surface area (Å²) in [4.78, 5) is 23.5. The maximum absolute atomic E-state index is 11.9. The summed E-state index contributed by atoms with van der Waals surface area (Å²) in [6, 6.07) is -0.770. The van der Waals surface area contributed by atoms with Crippen LogP contribution in [0.4, 0.5) is 4.79 Å². The highest BCUT2D eigenvalue weighted by molar-refractivity contribution is 5.81. The van der Waals surface area contributed by atoms with Crippen molar-refractivity contribution in [1.29, 1.82) is 0 Å². The second-order valence-corrected chi connectivity index (χ2v) is 6.78. The molecule has 0 radical (unpaired) electrons. The van der Waals surface area contributed by atoms with Crippen molar-refractivity contribution in [3.05, 3.63) is 0 Å². The van der Waals surface area contributed by atoms with Crippen molar-refractivity contribution < 1.29 is 23.8 Å². The van der Waals surface area contributed by atoms with E-state index in [4.69, 9.17) is 14.2 Å². The van der Waals surface area contributed by atoms with Crippen LogP contribution in [0.2, 0.25) is 0 Å². The molecule has 1 amide bonds. The topological polar surface area (TPSA) is 73.9 Å². The number of nitrogens with one attached hydrogen (secondary N) is 1. The highest BCUT2D eigenvalue weighted by Crippen LogP contribution is 2.17. The molecule has 0 bridgehead atoms. The third-order valence-electron chi connectivity index (χ3n) is 2.74. The van der Waals surface area contributed by atoms with E-state index in [0.29, 0.717) is 6.42 Å². The maximum Gasteiger partial charge on any atom is 0.408 e. The molecular formula is C15H29NO5. The lowest BCUT2D eigenvalue weighted by molar-refractivity contribution is -0.153. The smallest absolute Gasteiger partial charge is 0.408 e. The quantitative estimate of drug-likeness (QED) is 0.764. The fourth-order valence-electron chi connectivity index (χ4n) is 1.66. The third-order valence-corrected chi connectivity index (χ3v) is 2.74. The van der Waals surface area contributed by atoms with Gasteiger partial charge in [-0.3, -0.25) is 0 Å². The fourth-order valence-corrected chi connectivity index (χ4v) is 1.66. The van der Waals surface area contributed by atoms with E-state index in [1.54, 1.807) is 41.7 Å². The standard InChI is InChI=1S/C15H29NO5/c1-10(9-15(6,7)19-8)20-12(17)11(2)16-13(18)21-14(3,4)5/h10-11H,9H2,1-8H3,(H,16,18)/t10-,11-/m0/s1. The van der Waals surface area contributed by atoms with Crippen LogP contribution in [0, 0.1) is 0 Å². The van der Waals surface area contributed by atoms with Crippen molar-refractivity contribution in [3.8, 4) is 0 Å². The SMILES string of the molecule is COC(C)(C)C[C@H](C)OC(=O)[C@H](C)NC(=O)OC(C)(C)C. The first kappa shape index (κ1) is 19.7. The number of methoxy groups -OCH3 is 1. The van der Waals surface area contributed by atoms with Crippen molar-refractivity contribution in [3.63, 3.8) is 0 Å². The number of rotatable bonds is 6. The van der Waals surface area contributed by atoms with Crippen molar-refractivity contribution in [2.24, 2.45) is 0 Å². The Morgan fingerprint density at radius 2 is 1.62 bits per heavy atom. The second kappa shape index (κ2) is 7.64. The highest BCUT2D eigenvalue weighted by atomic mass is 16.6. The summed E-state index contributed by atoms with van der Waals surface area (Å²) in [5.41, 5.74) is -0.981. The van der Waals surface area contributed by atoms with Gasteiger partial charge in [0.1, 0.15) is 17.7 Å². The Hall–Kier alpha value is -1.30. The van der Waals surface area contributed by atoms with Gasteiger partial charge in [0.05, 0.1) is 5.60 Å². The Balaban J connectivity index is 4.31. The first-order valence-electron chi connectivity index (χ1n) is 7.11. The summed E-state index contributed by atoms with van der Waals surface area (Å²) in [5, 5.41) is 2.45. The zero-order valence-electron chi connectivity index (χ0n) is 14.4. The van der Waals surface area contributed by atoms with Gasteiger partial charge < -0.3 is 19.5 Å². The molecule has 2 atom stereocenters. The first-order valence-corrected chi connectivity index (χ1v) is 7.11. The summed E-state index contributed by atoms with van der Waals surface area (Å²) in [6.07, 6.45) is -0.388. The number of carbonyl (C=O) groups is 2. The molecule has 0 aromatic rings. The average Bonchev–Trinajstić information content (AvgIpc) is 2.25. The monoisotopic (exact) mass is 303 g/mol. The fraction of sp³-hybridized carbons (Fsp3) is 0.867. The molecule has 0 saturated heterocycles. The molecule has 0 heterocycles. The minimum Gasteiger partial charge on any atom is -0.461 e. The van der Waals surface area contributed by atoms with Gasteiger partial charge in [-0.1, -0.05) is 0 Å². The highest BCUT2D eigenvalue weighted by Gasteiger charge is 2.26. The summed E-state index contributed by atoms with van der Waals surface area (Å²) in [5.74, 6) is -0.500. The number of esters is 1. The average molecular weight is 303 g/mol. The Morgan fingerprint density at radius 1 is 1.10 bits per heavy atom. The molecule has 0 rings (SSSR count). The number of hydrogen-bond acceptors (Lipinski definition) is 5. The number of alkyl carbamates (subject to hydrolysis) is 1. The molecule has 0 aromatic heterocycles. The largest absolute Gasteiger partial charge is 0.461 e. The molecule has 0 saturated carbocycles. The van der Waals surface area contributed by atoms with Gasteiger partial charge in [0.2, 0.25) is 0 Å². The molecule has 0 aliphatic carbocycles. The number of hydrogen-bond donors (Lipinski definition) is 1. The van der Waals surface area contributed by atoms with Crippen LogP contribution in [0.3, 0.4) is 0 Å². The first-order chi connectivity index (χ1) is 9.36. The predicted molar refractivity (Wildman–Crippen MR) is 80.1 cm³/mol. The van der Waals surface area contributed by atoms with Crippen molar-refractivity contribution in [2.45, 2.75) is 78.2 Å². The van der Waals surface area contributed by atoms with Gasteiger partial charge in [0.25, 0.3) is 0 Å². The molecule has 0 fully saturated rings. The van der Waals surface area contributed by atoms with E-state index in [-0.39, 0.29) is 11.7 Å². The van der Waals surface area contributed by atoms with Crippen LogP contribution in [0.5, 0.6) is 0 Å². The van der Waals surface area contributed by atoms with E-state index in [1.165, 1.54) is 0 Å². The molecular weight excluding hydrogens is 274 g/mol. The Kier molecular flexibility index (Phi) is 7.16. The lowest BCUT2D eigenvalue weighted by atomic mass is 10.0. The van der Waals surface area contributed by atoms with Gasteiger partial charge in [-0.15, -0.1) is 0 Å². The molecule has 0 aromatic carbocycles. The number of ether oxygens (including phenoxy) is 3. The maximum atomic E-state index is 11.9. The van der Waals surface area contributed by atoms with E-state index in [2.05, 4.69) is 5.32 Å². The normalized spacial score (nSPS) is 15.0. The molecule has 6 nitrogen and oxygen atoms in total. The lowest BCUT2D eigenvalue weighted by Crippen LogP contribution is -2.43. The zero-order chi connectivity index (χ0) is 16.8. The van der Waals surface area contributed by atoms with Crippen molar-refractivity contribution in [2.75, 3.05) is 7.11 Å². The molecule has 0 unspecified atom stereocenters. The minimum absolute atomic E-state index is 0.310. The summed E-state index contributed by atoms with van der Waals surface area (Å²) in [7, 11) is 1.61. The molecule has 6 heteroatoms. The van der Waals surface area contributed by atoms with Crippen LogP contribution >= 0.6 is 0 Å². The van der Waals surface area contributed by atoms with E-state index in [0.717, 1.165) is 0 Å². The van der Waals surface area contributed by atoms with Gasteiger partial charge >= 0.3 is 12.1 Å². The van der Waals surface area contributed by atoms with Gasteiger partial charge in [0, 0.05) is 13.5 Å². The minimum atomic E-state index is -0.770. The van der Waals surface area contributed by atoms with Gasteiger partial charge in [-0.2, -0.15) is 0 Å². The van der Waals surface area contributed by atoms with Crippen molar-refractivity contribution in [1.82, 2.24) is 5.32 Å². The van der Waals surface area contributed by atoms with Crippen molar-refractivity contribution >= 4 is 12.1 Å².